The van der Waals surface area contributed by atoms with Gasteiger partial charge in [0.25, 0.3) is 0 Å². The van der Waals surface area contributed by atoms with Gasteiger partial charge in [-0.15, -0.1) is 0 Å². The number of nitrogens with zero attached hydrogens (tertiary/aromatic N) is 1. The summed E-state index contributed by atoms with van der Waals surface area (Å²) in [4.78, 5) is 9.42. The number of fused-ring (bicyclic) bond motifs is 1. The van der Waals surface area contributed by atoms with Gasteiger partial charge < -0.3 is 9.94 Å². The van der Waals surface area contributed by atoms with Gasteiger partial charge in [-0.2, -0.15) is 0 Å². The average Bonchev–Trinajstić information content (AvgIpc) is 2.41. The maximum absolute atomic E-state index is 9.89. The van der Waals surface area contributed by atoms with Crippen molar-refractivity contribution in [3.05, 3.63) is 41.3 Å². The van der Waals surface area contributed by atoms with Crippen LogP contribution in [-0.4, -0.2) is 11.4 Å². The fraction of sp³-hybridized carbons (Fsp3) is 0.357. The number of phenolic OH excluding ortho intramolecular Hbond substituents is 1. The summed E-state index contributed by atoms with van der Waals surface area (Å²) in [6.07, 6.45) is 5.12. The summed E-state index contributed by atoms with van der Waals surface area (Å²) in [7, 11) is 0. The van der Waals surface area contributed by atoms with Crippen molar-refractivity contribution in [2.45, 2.75) is 25.7 Å². The van der Waals surface area contributed by atoms with E-state index in [1.165, 1.54) is 5.56 Å². The van der Waals surface area contributed by atoms with Gasteiger partial charge in [-0.1, -0.05) is 19.1 Å². The van der Waals surface area contributed by atoms with Crippen LogP contribution in [0.1, 0.15) is 30.4 Å². The first-order valence-corrected chi connectivity index (χ1v) is 6.22. The van der Waals surface area contributed by atoms with E-state index in [4.69, 9.17) is 4.84 Å². The summed E-state index contributed by atoms with van der Waals surface area (Å²) >= 11 is 0. The quantitative estimate of drug-likeness (QED) is 0.798. The molecule has 0 aromatic heterocycles. The Labute approximate surface area is 106 Å². The molecule has 0 amide bonds. The van der Waals surface area contributed by atoms with Gasteiger partial charge >= 0.3 is 0 Å². The highest BCUT2D eigenvalue weighted by Gasteiger charge is 2.30. The molecule has 1 aliphatic heterocycles. The van der Waals surface area contributed by atoms with Crippen LogP contribution in [0, 0.1) is 5.92 Å². The highest BCUT2D eigenvalue weighted by atomic mass is 16.6. The van der Waals surface area contributed by atoms with E-state index in [1.54, 1.807) is 18.7 Å². The molecule has 2 unspecified atom stereocenters. The molecule has 1 aromatic rings. The van der Waals surface area contributed by atoms with Crippen molar-refractivity contribution in [2.75, 3.05) is 0 Å². The van der Waals surface area contributed by atoms with Crippen LogP contribution in [0.25, 0.3) is 0 Å². The molecule has 0 radical (unpaired) electrons. The minimum Gasteiger partial charge on any atom is -0.508 e. The molecule has 0 saturated heterocycles. The van der Waals surface area contributed by atoms with E-state index < -0.39 is 0 Å². The standard InChI is InChI=1S/C14H16N2O2/c1-9-10-3-2-4-14(17)12(10)6-5-11(9)13-7-18-16-8-15-13/h2-4,7-9,11,17H,5-6H2,1H3,(H,15,16). The highest BCUT2D eigenvalue weighted by molar-refractivity contribution is 5.56. The molecule has 1 aliphatic carbocycles. The zero-order chi connectivity index (χ0) is 12.5. The Morgan fingerprint density at radius 2 is 2.33 bits per heavy atom. The Morgan fingerprint density at radius 3 is 3.11 bits per heavy atom. The number of hydroxylamine groups is 1. The van der Waals surface area contributed by atoms with Gasteiger partial charge in [-0.25, -0.2) is 10.5 Å². The van der Waals surface area contributed by atoms with Crippen LogP contribution in [0.4, 0.5) is 0 Å². The van der Waals surface area contributed by atoms with Crippen molar-refractivity contribution >= 4 is 6.34 Å². The van der Waals surface area contributed by atoms with Crippen LogP contribution in [0.2, 0.25) is 0 Å². The van der Waals surface area contributed by atoms with E-state index in [9.17, 15) is 5.11 Å². The summed E-state index contributed by atoms with van der Waals surface area (Å²) in [6.45, 7) is 2.18. The SMILES string of the molecule is CC1c2cccc(O)c2CCC1C1=CONC=N1. The van der Waals surface area contributed by atoms with E-state index in [0.717, 1.165) is 24.1 Å². The van der Waals surface area contributed by atoms with E-state index in [-0.39, 0.29) is 0 Å². The number of allylic oxidation sites excluding steroid dienone is 1. The van der Waals surface area contributed by atoms with Crippen molar-refractivity contribution < 1.29 is 9.94 Å². The number of aromatic hydroxyl groups is 1. The molecule has 0 saturated carbocycles. The lowest BCUT2D eigenvalue weighted by Crippen LogP contribution is -2.23. The Hall–Kier alpha value is -1.97. The third kappa shape index (κ3) is 1.74. The molecule has 18 heavy (non-hydrogen) atoms. The Kier molecular flexibility index (Phi) is 2.70. The molecule has 0 fully saturated rings. The van der Waals surface area contributed by atoms with Crippen molar-refractivity contribution in [2.24, 2.45) is 10.9 Å². The van der Waals surface area contributed by atoms with Crippen LogP contribution in [0.15, 0.2) is 35.2 Å². The maximum Gasteiger partial charge on any atom is 0.141 e. The molecule has 2 aliphatic rings. The first-order chi connectivity index (χ1) is 8.77. The lowest BCUT2D eigenvalue weighted by Gasteiger charge is -2.32. The molecule has 0 bridgehead atoms. The van der Waals surface area contributed by atoms with E-state index in [2.05, 4.69) is 23.5 Å². The summed E-state index contributed by atoms with van der Waals surface area (Å²) in [5.74, 6) is 1.10. The van der Waals surface area contributed by atoms with Crippen molar-refractivity contribution in [1.29, 1.82) is 0 Å². The second-order valence-electron chi connectivity index (χ2n) is 4.82. The zero-order valence-electron chi connectivity index (χ0n) is 10.3. The first kappa shape index (κ1) is 11.1. The van der Waals surface area contributed by atoms with Crippen LogP contribution in [0.3, 0.4) is 0 Å². The number of phenols is 1. The molecular formula is C14H16N2O2. The Bertz CT molecular complexity index is 523. The smallest absolute Gasteiger partial charge is 0.141 e. The predicted octanol–water partition coefficient (Wildman–Crippen LogP) is 2.46. The number of hydrogen-bond acceptors (Lipinski definition) is 4. The minimum absolute atomic E-state index is 0.339. The summed E-state index contributed by atoms with van der Waals surface area (Å²) in [5.41, 5.74) is 5.86. The summed E-state index contributed by atoms with van der Waals surface area (Å²) in [5, 5.41) is 9.89. The minimum atomic E-state index is 0.339. The number of rotatable bonds is 1. The third-order valence-electron chi connectivity index (χ3n) is 3.88. The van der Waals surface area contributed by atoms with Crippen LogP contribution in [0.5, 0.6) is 5.75 Å². The molecular weight excluding hydrogens is 228 g/mol. The van der Waals surface area contributed by atoms with E-state index >= 15 is 0 Å². The molecule has 1 heterocycles. The van der Waals surface area contributed by atoms with Crippen molar-refractivity contribution in [3.63, 3.8) is 0 Å². The van der Waals surface area contributed by atoms with Gasteiger partial charge in [0.1, 0.15) is 18.4 Å². The van der Waals surface area contributed by atoms with E-state index in [1.807, 2.05) is 6.07 Å². The van der Waals surface area contributed by atoms with Crippen molar-refractivity contribution in [1.82, 2.24) is 5.48 Å². The van der Waals surface area contributed by atoms with Gasteiger partial charge in [0.15, 0.2) is 0 Å². The Balaban J connectivity index is 1.94. The molecule has 94 valence electrons. The third-order valence-corrected chi connectivity index (χ3v) is 3.88. The van der Waals surface area contributed by atoms with Crippen LogP contribution >= 0.6 is 0 Å². The number of benzene rings is 1. The van der Waals surface area contributed by atoms with Gasteiger partial charge in [-0.05, 0) is 36.0 Å². The second-order valence-corrected chi connectivity index (χ2v) is 4.82. The zero-order valence-corrected chi connectivity index (χ0v) is 10.3. The van der Waals surface area contributed by atoms with Gasteiger partial charge in [-0.3, -0.25) is 0 Å². The second kappa shape index (κ2) is 4.37. The lowest BCUT2D eigenvalue weighted by atomic mass is 9.74. The first-order valence-electron chi connectivity index (χ1n) is 6.22. The normalized spacial score (nSPS) is 25.7. The van der Waals surface area contributed by atoms with Crippen LogP contribution < -0.4 is 5.48 Å². The molecule has 4 nitrogen and oxygen atoms in total. The van der Waals surface area contributed by atoms with E-state index in [0.29, 0.717) is 17.6 Å². The monoisotopic (exact) mass is 244 g/mol. The van der Waals surface area contributed by atoms with Crippen molar-refractivity contribution in [3.8, 4) is 5.75 Å². The van der Waals surface area contributed by atoms with Crippen LogP contribution in [-0.2, 0) is 11.3 Å². The summed E-state index contributed by atoms with van der Waals surface area (Å²) < 4.78 is 0. The summed E-state index contributed by atoms with van der Waals surface area (Å²) in [6, 6.07) is 5.76. The largest absolute Gasteiger partial charge is 0.508 e. The molecule has 3 rings (SSSR count). The fourth-order valence-electron chi connectivity index (χ4n) is 2.90. The highest BCUT2D eigenvalue weighted by Crippen LogP contribution is 2.42. The number of nitrogens with one attached hydrogen (secondary N) is 1. The maximum atomic E-state index is 9.89. The fourth-order valence-corrected chi connectivity index (χ4v) is 2.90. The Morgan fingerprint density at radius 1 is 1.44 bits per heavy atom. The molecule has 2 atom stereocenters. The molecule has 2 N–H and O–H groups in total. The van der Waals surface area contributed by atoms with Gasteiger partial charge in [0, 0.05) is 5.92 Å². The van der Waals surface area contributed by atoms with Gasteiger partial charge in [0.2, 0.25) is 0 Å². The average molecular weight is 244 g/mol. The topological polar surface area (TPSA) is 53.9 Å². The molecule has 0 spiro atoms. The predicted molar refractivity (Wildman–Crippen MR) is 69.1 cm³/mol. The van der Waals surface area contributed by atoms with Gasteiger partial charge in [0.05, 0.1) is 5.70 Å². The number of hydrogen-bond donors (Lipinski definition) is 2. The molecule has 1 aromatic carbocycles. The lowest BCUT2D eigenvalue weighted by molar-refractivity contribution is 0.185. The molecule has 4 heteroatoms. The number of aliphatic imine (C=N–C) groups is 1.